The van der Waals surface area contributed by atoms with Crippen LogP contribution in [0.1, 0.15) is 58.4 Å². The number of rotatable bonds is 9. The van der Waals surface area contributed by atoms with Crippen molar-refractivity contribution in [2.24, 2.45) is 5.73 Å². The van der Waals surface area contributed by atoms with Crippen molar-refractivity contribution in [1.82, 2.24) is 0 Å². The predicted octanol–water partition coefficient (Wildman–Crippen LogP) is 4.33. The number of hydrogen-bond donors (Lipinski definition) is 1. The first-order valence-electron chi connectivity index (χ1n) is 7.74. The first-order chi connectivity index (χ1) is 9.19. The van der Waals surface area contributed by atoms with E-state index < -0.39 is 0 Å². The summed E-state index contributed by atoms with van der Waals surface area (Å²) in [5.41, 5.74) is 8.17. The molecule has 2 nitrogen and oxygen atoms in total. The highest BCUT2D eigenvalue weighted by atomic mass is 15.1. The SMILES string of the molecule is CCCCCCCN(c1ccc(CN)cc1)C(C)C. The highest BCUT2D eigenvalue weighted by Gasteiger charge is 2.09. The lowest BCUT2D eigenvalue weighted by molar-refractivity contribution is 0.593. The molecule has 2 heteroatoms. The van der Waals surface area contributed by atoms with Crippen molar-refractivity contribution >= 4 is 5.69 Å². The molecule has 1 rings (SSSR count). The van der Waals surface area contributed by atoms with E-state index in [1.165, 1.54) is 43.4 Å². The minimum absolute atomic E-state index is 0.551. The molecule has 2 N–H and O–H groups in total. The molecule has 0 aliphatic carbocycles. The van der Waals surface area contributed by atoms with Gasteiger partial charge in [0.25, 0.3) is 0 Å². The first kappa shape index (κ1) is 16.0. The first-order valence-corrected chi connectivity index (χ1v) is 7.74. The molecule has 0 saturated heterocycles. The largest absolute Gasteiger partial charge is 0.369 e. The molecule has 108 valence electrons. The molecular weight excluding hydrogens is 232 g/mol. The number of hydrogen-bond acceptors (Lipinski definition) is 2. The van der Waals surface area contributed by atoms with Crippen LogP contribution in [-0.2, 0) is 6.54 Å². The Labute approximate surface area is 119 Å². The Hall–Kier alpha value is -1.02. The standard InChI is InChI=1S/C17H30N2/c1-4-5-6-7-8-13-19(15(2)3)17-11-9-16(14-18)10-12-17/h9-12,15H,4-8,13-14,18H2,1-3H3. The molecule has 1 aromatic carbocycles. The van der Waals surface area contributed by atoms with E-state index in [1.807, 2.05) is 0 Å². The zero-order valence-electron chi connectivity index (χ0n) is 12.9. The van der Waals surface area contributed by atoms with E-state index in [2.05, 4.69) is 49.9 Å². The second-order valence-electron chi connectivity index (χ2n) is 5.57. The summed E-state index contributed by atoms with van der Waals surface area (Å²) in [5, 5.41) is 0. The quantitative estimate of drug-likeness (QED) is 0.671. The second kappa shape index (κ2) is 8.98. The summed E-state index contributed by atoms with van der Waals surface area (Å²) in [6, 6.07) is 9.24. The van der Waals surface area contributed by atoms with Gasteiger partial charge in [-0.05, 0) is 38.0 Å². The van der Waals surface area contributed by atoms with Gasteiger partial charge >= 0.3 is 0 Å². The summed E-state index contributed by atoms with van der Waals surface area (Å²) in [4.78, 5) is 2.49. The molecule has 1 aromatic rings. The third kappa shape index (κ3) is 5.65. The average molecular weight is 262 g/mol. The van der Waals surface area contributed by atoms with E-state index in [1.54, 1.807) is 0 Å². The Morgan fingerprint density at radius 2 is 1.63 bits per heavy atom. The Balaban J connectivity index is 2.51. The third-order valence-electron chi connectivity index (χ3n) is 3.63. The summed E-state index contributed by atoms with van der Waals surface area (Å²) in [6.07, 6.45) is 6.69. The molecule has 19 heavy (non-hydrogen) atoms. The number of unbranched alkanes of at least 4 members (excludes halogenated alkanes) is 4. The molecule has 0 aliphatic heterocycles. The van der Waals surface area contributed by atoms with Crippen molar-refractivity contribution in [2.75, 3.05) is 11.4 Å². The summed E-state index contributed by atoms with van der Waals surface area (Å²) in [6.45, 7) is 8.58. The van der Waals surface area contributed by atoms with Crippen molar-refractivity contribution < 1.29 is 0 Å². The van der Waals surface area contributed by atoms with E-state index in [0.29, 0.717) is 12.6 Å². The minimum Gasteiger partial charge on any atom is -0.369 e. The topological polar surface area (TPSA) is 29.3 Å². The molecule has 0 fully saturated rings. The molecule has 0 heterocycles. The van der Waals surface area contributed by atoms with Crippen LogP contribution in [0.4, 0.5) is 5.69 Å². The van der Waals surface area contributed by atoms with Crippen LogP contribution in [0, 0.1) is 0 Å². The van der Waals surface area contributed by atoms with Crippen LogP contribution in [-0.4, -0.2) is 12.6 Å². The fourth-order valence-electron chi connectivity index (χ4n) is 2.39. The fourth-order valence-corrected chi connectivity index (χ4v) is 2.39. The van der Waals surface area contributed by atoms with Crippen LogP contribution >= 0.6 is 0 Å². The maximum atomic E-state index is 5.65. The Bertz CT molecular complexity index is 330. The van der Waals surface area contributed by atoms with E-state index in [-0.39, 0.29) is 0 Å². The normalized spacial score (nSPS) is 11.0. The van der Waals surface area contributed by atoms with Crippen LogP contribution in [0.5, 0.6) is 0 Å². The van der Waals surface area contributed by atoms with Gasteiger partial charge in [-0.15, -0.1) is 0 Å². The van der Waals surface area contributed by atoms with Gasteiger partial charge in [0.2, 0.25) is 0 Å². The molecule has 0 amide bonds. The second-order valence-corrected chi connectivity index (χ2v) is 5.57. The summed E-state index contributed by atoms with van der Waals surface area (Å²) < 4.78 is 0. The number of benzene rings is 1. The van der Waals surface area contributed by atoms with E-state index >= 15 is 0 Å². The molecule has 0 aromatic heterocycles. The van der Waals surface area contributed by atoms with Gasteiger partial charge in [-0.25, -0.2) is 0 Å². The Kier molecular flexibility index (Phi) is 7.57. The fraction of sp³-hybridized carbons (Fsp3) is 0.647. The molecule has 0 radical (unpaired) electrons. The van der Waals surface area contributed by atoms with Gasteiger partial charge in [0, 0.05) is 24.8 Å². The Morgan fingerprint density at radius 1 is 1.00 bits per heavy atom. The van der Waals surface area contributed by atoms with Crippen LogP contribution < -0.4 is 10.6 Å². The van der Waals surface area contributed by atoms with E-state index in [9.17, 15) is 0 Å². The molecule has 0 atom stereocenters. The summed E-state index contributed by atoms with van der Waals surface area (Å²) >= 11 is 0. The highest BCUT2D eigenvalue weighted by molar-refractivity contribution is 5.48. The van der Waals surface area contributed by atoms with E-state index in [0.717, 1.165) is 6.54 Å². The molecular formula is C17H30N2. The lowest BCUT2D eigenvalue weighted by Crippen LogP contribution is -2.31. The van der Waals surface area contributed by atoms with Gasteiger partial charge in [0.05, 0.1) is 0 Å². The lowest BCUT2D eigenvalue weighted by atomic mass is 10.1. The molecule has 0 unspecified atom stereocenters. The van der Waals surface area contributed by atoms with Crippen LogP contribution in [0.15, 0.2) is 24.3 Å². The maximum Gasteiger partial charge on any atom is 0.0368 e. The van der Waals surface area contributed by atoms with Gasteiger partial charge in [0.15, 0.2) is 0 Å². The monoisotopic (exact) mass is 262 g/mol. The van der Waals surface area contributed by atoms with Gasteiger partial charge in [0.1, 0.15) is 0 Å². The van der Waals surface area contributed by atoms with Crippen LogP contribution in [0.25, 0.3) is 0 Å². The van der Waals surface area contributed by atoms with Crippen molar-refractivity contribution in [3.63, 3.8) is 0 Å². The van der Waals surface area contributed by atoms with Crippen molar-refractivity contribution in [3.8, 4) is 0 Å². The van der Waals surface area contributed by atoms with Gasteiger partial charge in [-0.3, -0.25) is 0 Å². The zero-order chi connectivity index (χ0) is 14.1. The minimum atomic E-state index is 0.551. The molecule has 0 spiro atoms. The van der Waals surface area contributed by atoms with Crippen molar-refractivity contribution in [2.45, 2.75) is 65.5 Å². The molecule has 0 aliphatic rings. The zero-order valence-corrected chi connectivity index (χ0v) is 12.9. The number of anilines is 1. The Morgan fingerprint density at radius 3 is 2.16 bits per heavy atom. The van der Waals surface area contributed by atoms with Crippen molar-refractivity contribution in [3.05, 3.63) is 29.8 Å². The maximum absolute atomic E-state index is 5.65. The van der Waals surface area contributed by atoms with Crippen LogP contribution in [0.2, 0.25) is 0 Å². The van der Waals surface area contributed by atoms with Gasteiger partial charge in [-0.2, -0.15) is 0 Å². The van der Waals surface area contributed by atoms with E-state index in [4.69, 9.17) is 5.73 Å². The highest BCUT2D eigenvalue weighted by Crippen LogP contribution is 2.19. The molecule has 0 bridgehead atoms. The predicted molar refractivity (Wildman–Crippen MR) is 85.6 cm³/mol. The average Bonchev–Trinajstić information content (AvgIpc) is 2.43. The number of nitrogens with two attached hydrogens (primary N) is 1. The van der Waals surface area contributed by atoms with Crippen molar-refractivity contribution in [1.29, 1.82) is 0 Å². The summed E-state index contributed by atoms with van der Waals surface area (Å²) in [7, 11) is 0. The lowest BCUT2D eigenvalue weighted by Gasteiger charge is -2.29. The van der Waals surface area contributed by atoms with Gasteiger partial charge < -0.3 is 10.6 Å². The van der Waals surface area contributed by atoms with Gasteiger partial charge in [-0.1, -0.05) is 44.7 Å². The third-order valence-corrected chi connectivity index (χ3v) is 3.63. The molecule has 0 saturated carbocycles. The van der Waals surface area contributed by atoms with Crippen LogP contribution in [0.3, 0.4) is 0 Å². The number of nitrogens with zero attached hydrogens (tertiary/aromatic N) is 1. The summed E-state index contributed by atoms with van der Waals surface area (Å²) in [5.74, 6) is 0. The smallest absolute Gasteiger partial charge is 0.0368 e.